The molecule has 3 aliphatic rings. The van der Waals surface area contributed by atoms with Gasteiger partial charge in [0.2, 0.25) is 5.88 Å². The summed E-state index contributed by atoms with van der Waals surface area (Å²) in [6, 6.07) is 16.4. The van der Waals surface area contributed by atoms with Crippen molar-refractivity contribution in [3.8, 4) is 11.6 Å². The first kappa shape index (κ1) is 29.6. The maximum Gasteiger partial charge on any atom is 0.303 e. The second-order valence-corrected chi connectivity index (χ2v) is 12.4. The number of hydrogen-bond donors (Lipinski definition) is 1. The van der Waals surface area contributed by atoms with Gasteiger partial charge in [-0.05, 0) is 92.5 Å². The van der Waals surface area contributed by atoms with Gasteiger partial charge < -0.3 is 19.3 Å². The summed E-state index contributed by atoms with van der Waals surface area (Å²) in [7, 11) is 0. The smallest absolute Gasteiger partial charge is 0.303 e. The fraction of sp³-hybridized carbons (Fsp3) is 0.514. The van der Waals surface area contributed by atoms with Crippen LogP contribution in [0.25, 0.3) is 0 Å². The minimum absolute atomic E-state index is 0.0191. The normalized spacial score (nSPS) is 19.7. The third kappa shape index (κ3) is 7.92. The number of rotatable bonds is 12. The highest BCUT2D eigenvalue weighted by Crippen LogP contribution is 2.39. The van der Waals surface area contributed by atoms with Crippen LogP contribution in [-0.4, -0.2) is 57.8 Å². The number of nitrogens with zero attached hydrogens (tertiary/aromatic N) is 3. The molecule has 2 aliphatic heterocycles. The van der Waals surface area contributed by atoms with Crippen molar-refractivity contribution >= 4 is 5.97 Å². The number of hydrogen-bond acceptors (Lipinski definition) is 7. The molecule has 1 unspecified atom stereocenters. The number of likely N-dealkylation sites (tertiary alicyclic amines) is 1. The maximum absolute atomic E-state index is 10.8. The Hall–Kier alpha value is -3.49. The van der Waals surface area contributed by atoms with E-state index in [9.17, 15) is 4.79 Å². The number of carboxylic acid groups (broad SMARTS) is 1. The molecule has 1 aromatic heterocycles. The van der Waals surface area contributed by atoms with Crippen molar-refractivity contribution in [2.24, 2.45) is 5.92 Å². The van der Waals surface area contributed by atoms with E-state index in [0.29, 0.717) is 18.9 Å². The first-order valence-electron chi connectivity index (χ1n) is 15.9. The number of fused-ring (bicyclic) bond motifs is 1. The molecule has 0 saturated carbocycles. The highest BCUT2D eigenvalue weighted by molar-refractivity contribution is 5.67. The van der Waals surface area contributed by atoms with Crippen LogP contribution in [-0.2, 0) is 41.9 Å². The van der Waals surface area contributed by atoms with Gasteiger partial charge in [-0.25, -0.2) is 9.97 Å². The molecule has 2 fully saturated rings. The Kier molecular flexibility index (Phi) is 9.54. The van der Waals surface area contributed by atoms with Crippen molar-refractivity contribution in [3.63, 3.8) is 0 Å². The Morgan fingerprint density at radius 1 is 0.977 bits per heavy atom. The number of aromatic nitrogens is 2. The molecule has 2 aromatic carbocycles. The van der Waals surface area contributed by atoms with Gasteiger partial charge in [-0.1, -0.05) is 36.4 Å². The molecule has 3 heterocycles. The summed E-state index contributed by atoms with van der Waals surface area (Å²) in [5, 5.41) is 8.84. The minimum atomic E-state index is -0.778. The predicted molar refractivity (Wildman–Crippen MR) is 163 cm³/mol. The second-order valence-electron chi connectivity index (χ2n) is 12.4. The first-order valence-corrected chi connectivity index (χ1v) is 15.9. The number of piperidine rings is 1. The van der Waals surface area contributed by atoms with Crippen molar-refractivity contribution in [2.75, 3.05) is 26.3 Å². The van der Waals surface area contributed by atoms with Gasteiger partial charge in [0.25, 0.3) is 0 Å². The molecular formula is C35H43N3O5. The fourth-order valence-electron chi connectivity index (χ4n) is 6.79. The van der Waals surface area contributed by atoms with Crippen molar-refractivity contribution in [1.82, 2.24) is 14.9 Å². The molecular weight excluding hydrogens is 542 g/mol. The van der Waals surface area contributed by atoms with E-state index in [1.807, 2.05) is 24.3 Å². The molecule has 1 spiro atoms. The molecule has 6 rings (SSSR count). The second kappa shape index (κ2) is 13.9. The average Bonchev–Trinajstić information content (AvgIpc) is 3.52. The summed E-state index contributed by atoms with van der Waals surface area (Å²) in [6.07, 6.45) is 11.0. The van der Waals surface area contributed by atoms with Crippen LogP contribution in [0.4, 0.5) is 0 Å². The van der Waals surface area contributed by atoms with Gasteiger partial charge in [-0.3, -0.25) is 9.69 Å². The Morgan fingerprint density at radius 2 is 1.74 bits per heavy atom. The highest BCUT2D eigenvalue weighted by Gasteiger charge is 2.40. The van der Waals surface area contributed by atoms with Gasteiger partial charge in [0, 0.05) is 38.2 Å². The van der Waals surface area contributed by atoms with E-state index in [0.717, 1.165) is 107 Å². The van der Waals surface area contributed by atoms with Crippen molar-refractivity contribution in [2.45, 2.75) is 83.0 Å². The van der Waals surface area contributed by atoms with Gasteiger partial charge in [0.15, 0.2) is 0 Å². The summed E-state index contributed by atoms with van der Waals surface area (Å²) in [5.41, 5.74) is 5.86. The zero-order valence-electron chi connectivity index (χ0n) is 25.0. The largest absolute Gasteiger partial charge is 0.489 e. The SMILES string of the molecule is O=C(O)CCc1ccc(OCc2ccc(CN3CCC4(CC3)CC(CCOc3ncnc5c3CCC5)CCO4)cc2)cc1. The van der Waals surface area contributed by atoms with E-state index in [-0.39, 0.29) is 12.0 Å². The average molecular weight is 586 g/mol. The van der Waals surface area contributed by atoms with E-state index >= 15 is 0 Å². The Morgan fingerprint density at radius 3 is 2.53 bits per heavy atom. The number of carbonyl (C=O) groups is 1. The van der Waals surface area contributed by atoms with E-state index in [4.69, 9.17) is 19.3 Å². The molecule has 1 atom stereocenters. The maximum atomic E-state index is 10.8. The molecule has 2 saturated heterocycles. The van der Waals surface area contributed by atoms with Crippen LogP contribution >= 0.6 is 0 Å². The van der Waals surface area contributed by atoms with Crippen LogP contribution in [0.2, 0.25) is 0 Å². The van der Waals surface area contributed by atoms with E-state index in [1.54, 1.807) is 6.33 Å². The summed E-state index contributed by atoms with van der Waals surface area (Å²) in [4.78, 5) is 22.1. The summed E-state index contributed by atoms with van der Waals surface area (Å²) in [5.74, 6) is 1.46. The number of ether oxygens (including phenoxy) is 3. The summed E-state index contributed by atoms with van der Waals surface area (Å²) in [6.45, 7) is 5.15. The summed E-state index contributed by atoms with van der Waals surface area (Å²) >= 11 is 0. The molecule has 0 bridgehead atoms. The molecule has 8 nitrogen and oxygen atoms in total. The lowest BCUT2D eigenvalue weighted by atomic mass is 9.78. The van der Waals surface area contributed by atoms with Crippen molar-refractivity contribution in [3.05, 3.63) is 82.8 Å². The number of benzene rings is 2. The zero-order chi connectivity index (χ0) is 29.5. The lowest BCUT2D eigenvalue weighted by Gasteiger charge is -2.46. The molecule has 3 aromatic rings. The monoisotopic (exact) mass is 585 g/mol. The zero-order valence-corrected chi connectivity index (χ0v) is 25.0. The van der Waals surface area contributed by atoms with E-state index < -0.39 is 5.97 Å². The molecule has 8 heteroatoms. The third-order valence-electron chi connectivity index (χ3n) is 9.35. The Balaban J connectivity index is 0.913. The topological polar surface area (TPSA) is 94.0 Å². The fourth-order valence-corrected chi connectivity index (χ4v) is 6.79. The number of carboxylic acids is 1. The van der Waals surface area contributed by atoms with Gasteiger partial charge in [-0.2, -0.15) is 0 Å². The lowest BCUT2D eigenvalue weighted by molar-refractivity contribution is -0.137. The van der Waals surface area contributed by atoms with Crippen LogP contribution in [0.5, 0.6) is 11.6 Å². The van der Waals surface area contributed by atoms with Gasteiger partial charge in [0.1, 0.15) is 18.7 Å². The van der Waals surface area contributed by atoms with E-state index in [1.165, 1.54) is 16.8 Å². The van der Waals surface area contributed by atoms with Crippen LogP contribution in [0.3, 0.4) is 0 Å². The van der Waals surface area contributed by atoms with Crippen molar-refractivity contribution < 1.29 is 24.1 Å². The lowest BCUT2D eigenvalue weighted by Crippen LogP contribution is -2.49. The van der Waals surface area contributed by atoms with Gasteiger partial charge in [-0.15, -0.1) is 0 Å². The summed E-state index contributed by atoms with van der Waals surface area (Å²) < 4.78 is 18.5. The minimum Gasteiger partial charge on any atom is -0.489 e. The molecule has 228 valence electrons. The van der Waals surface area contributed by atoms with Gasteiger partial charge >= 0.3 is 5.97 Å². The quantitative estimate of drug-likeness (QED) is 0.285. The molecule has 0 amide bonds. The van der Waals surface area contributed by atoms with Crippen LogP contribution in [0, 0.1) is 5.92 Å². The third-order valence-corrected chi connectivity index (χ3v) is 9.35. The van der Waals surface area contributed by atoms with Crippen LogP contribution in [0.15, 0.2) is 54.9 Å². The standard InChI is InChI=1S/C35H43N3O5/c39-33(40)13-10-26-8-11-30(12-9-26)42-24-29-6-4-28(5-7-29)23-38-18-16-35(17-19-38)22-27(15-21-43-35)14-20-41-34-31-2-1-3-32(31)36-25-37-34/h4-9,11-12,25,27H,1-3,10,13-24H2,(H,39,40). The molecule has 43 heavy (non-hydrogen) atoms. The number of aryl methyl sites for hydroxylation is 2. The Bertz CT molecular complexity index is 1350. The molecule has 1 N–H and O–H groups in total. The predicted octanol–water partition coefficient (Wildman–Crippen LogP) is 5.79. The highest BCUT2D eigenvalue weighted by atomic mass is 16.5. The molecule has 0 radical (unpaired) electrons. The van der Waals surface area contributed by atoms with Gasteiger partial charge in [0.05, 0.1) is 17.9 Å². The van der Waals surface area contributed by atoms with Crippen LogP contribution < -0.4 is 9.47 Å². The number of aliphatic carboxylic acids is 1. The van der Waals surface area contributed by atoms with E-state index in [2.05, 4.69) is 39.1 Å². The van der Waals surface area contributed by atoms with Crippen LogP contribution in [0.1, 0.15) is 72.9 Å². The molecule has 1 aliphatic carbocycles. The first-order chi connectivity index (χ1) is 21.0. The van der Waals surface area contributed by atoms with Crippen molar-refractivity contribution in [1.29, 1.82) is 0 Å². The Labute approximate surface area is 254 Å².